The van der Waals surface area contributed by atoms with E-state index in [9.17, 15) is 26.7 Å². The molecule has 1 aromatic carbocycles. The van der Waals surface area contributed by atoms with Gasteiger partial charge in [0.25, 0.3) is 0 Å². The number of pyridine rings is 1. The maximum absolute atomic E-state index is 14.0. The van der Waals surface area contributed by atoms with Gasteiger partial charge < -0.3 is 14.4 Å². The number of fused-ring (bicyclic) bond motifs is 1. The average molecular weight is 479 g/mol. The minimum absolute atomic E-state index is 0.0948. The Morgan fingerprint density at radius 2 is 1.78 bits per heavy atom. The summed E-state index contributed by atoms with van der Waals surface area (Å²) in [5, 5.41) is -0.200. The van der Waals surface area contributed by atoms with Crippen LogP contribution in [0.2, 0.25) is 5.02 Å². The number of halogens is 6. The zero-order valence-electron chi connectivity index (χ0n) is 17.4. The molecule has 0 saturated carbocycles. The van der Waals surface area contributed by atoms with E-state index in [0.717, 1.165) is 18.2 Å². The summed E-state index contributed by atoms with van der Waals surface area (Å²) in [5.41, 5.74) is -2.02. The Morgan fingerprint density at radius 1 is 1.16 bits per heavy atom. The van der Waals surface area contributed by atoms with Crippen LogP contribution in [0.3, 0.4) is 0 Å². The van der Waals surface area contributed by atoms with E-state index in [1.807, 2.05) is 0 Å². The number of amides is 1. The maximum Gasteiger partial charge on any atom is 0.421 e. The summed E-state index contributed by atoms with van der Waals surface area (Å²) < 4.78 is 79.1. The molecular formula is C21H20ClF5N2O3. The zero-order valence-corrected chi connectivity index (χ0v) is 18.2. The standard InChI is InChI=1S/C21H20ClF5N2O3/c1-20(2,3)32-19(30)29-5-4-11-6-14(21(25,26)27)18(28-17(11)9-29)31-10-13-15(23)7-12(22)8-16(13)24/h6-8H,4-5,9-10H2,1-3H3. The van der Waals surface area contributed by atoms with Gasteiger partial charge >= 0.3 is 12.3 Å². The van der Waals surface area contributed by atoms with Crippen LogP contribution in [-0.2, 0) is 30.5 Å². The second kappa shape index (κ2) is 8.73. The second-order valence-electron chi connectivity index (χ2n) is 8.23. The fraction of sp³-hybridized carbons (Fsp3) is 0.429. The summed E-state index contributed by atoms with van der Waals surface area (Å²) in [6.45, 7) is 4.30. The van der Waals surface area contributed by atoms with Crippen LogP contribution < -0.4 is 4.74 Å². The largest absolute Gasteiger partial charge is 0.472 e. The Kier molecular flexibility index (Phi) is 6.55. The molecule has 1 aliphatic rings. The Bertz CT molecular complexity index is 1010. The fourth-order valence-corrected chi connectivity index (χ4v) is 3.28. The molecule has 0 spiro atoms. The van der Waals surface area contributed by atoms with Crippen molar-refractivity contribution in [3.8, 4) is 5.88 Å². The lowest BCUT2D eigenvalue weighted by molar-refractivity contribution is -0.139. The molecule has 0 saturated heterocycles. The first-order valence-corrected chi connectivity index (χ1v) is 9.96. The van der Waals surface area contributed by atoms with Crippen LogP contribution in [0.1, 0.15) is 43.2 Å². The van der Waals surface area contributed by atoms with E-state index in [2.05, 4.69) is 4.98 Å². The number of hydrogen-bond donors (Lipinski definition) is 0. The average Bonchev–Trinajstić information content (AvgIpc) is 2.63. The van der Waals surface area contributed by atoms with Gasteiger partial charge in [0, 0.05) is 11.6 Å². The fourth-order valence-electron chi connectivity index (χ4n) is 3.09. The third kappa shape index (κ3) is 5.59. The van der Waals surface area contributed by atoms with E-state index in [-0.39, 0.29) is 30.2 Å². The molecule has 1 amide bonds. The van der Waals surface area contributed by atoms with Crippen molar-refractivity contribution in [3.63, 3.8) is 0 Å². The van der Waals surface area contributed by atoms with Gasteiger partial charge in [0.05, 0.1) is 17.8 Å². The van der Waals surface area contributed by atoms with E-state index in [1.54, 1.807) is 20.8 Å². The first-order chi connectivity index (χ1) is 14.7. The summed E-state index contributed by atoms with van der Waals surface area (Å²) in [6, 6.07) is 2.54. The predicted molar refractivity (Wildman–Crippen MR) is 105 cm³/mol. The van der Waals surface area contributed by atoms with Crippen LogP contribution in [0.5, 0.6) is 5.88 Å². The minimum atomic E-state index is -4.81. The summed E-state index contributed by atoms with van der Waals surface area (Å²) in [6.07, 6.45) is -5.31. The molecular weight excluding hydrogens is 459 g/mol. The number of benzene rings is 1. The van der Waals surface area contributed by atoms with Crippen molar-refractivity contribution >= 4 is 17.7 Å². The molecule has 5 nitrogen and oxygen atoms in total. The number of carbonyl (C=O) groups excluding carboxylic acids is 1. The predicted octanol–water partition coefficient (Wildman–Crippen LogP) is 5.90. The Hall–Kier alpha value is -2.62. The van der Waals surface area contributed by atoms with Crippen LogP contribution in [0, 0.1) is 11.6 Å². The molecule has 0 aliphatic carbocycles. The number of carbonyl (C=O) groups is 1. The van der Waals surface area contributed by atoms with Crippen molar-refractivity contribution < 1.29 is 36.2 Å². The number of alkyl halides is 3. The Labute approximate surface area is 186 Å². The molecule has 0 radical (unpaired) electrons. The molecule has 1 aromatic heterocycles. The molecule has 1 aliphatic heterocycles. The minimum Gasteiger partial charge on any atom is -0.472 e. The molecule has 0 N–H and O–H groups in total. The number of rotatable bonds is 3. The van der Waals surface area contributed by atoms with E-state index in [0.29, 0.717) is 5.56 Å². The summed E-state index contributed by atoms with van der Waals surface area (Å²) in [5.74, 6) is -2.95. The maximum atomic E-state index is 14.0. The Balaban J connectivity index is 1.90. The highest BCUT2D eigenvalue weighted by Crippen LogP contribution is 2.38. The van der Waals surface area contributed by atoms with E-state index in [4.69, 9.17) is 21.1 Å². The quantitative estimate of drug-likeness (QED) is 0.515. The summed E-state index contributed by atoms with van der Waals surface area (Å²) in [4.78, 5) is 17.6. The van der Waals surface area contributed by atoms with Crippen molar-refractivity contribution in [2.75, 3.05) is 6.54 Å². The number of hydrogen-bond acceptors (Lipinski definition) is 4. The molecule has 174 valence electrons. The number of aromatic nitrogens is 1. The third-order valence-electron chi connectivity index (χ3n) is 4.56. The van der Waals surface area contributed by atoms with Crippen LogP contribution in [0.15, 0.2) is 18.2 Å². The summed E-state index contributed by atoms with van der Waals surface area (Å²) >= 11 is 5.56. The van der Waals surface area contributed by atoms with Crippen LogP contribution in [-0.4, -0.2) is 28.1 Å². The van der Waals surface area contributed by atoms with E-state index in [1.165, 1.54) is 4.90 Å². The van der Waals surface area contributed by atoms with Crippen molar-refractivity contribution in [1.29, 1.82) is 0 Å². The molecule has 32 heavy (non-hydrogen) atoms. The number of ether oxygens (including phenoxy) is 2. The van der Waals surface area contributed by atoms with Gasteiger partial charge in [-0.25, -0.2) is 18.6 Å². The monoisotopic (exact) mass is 478 g/mol. The van der Waals surface area contributed by atoms with E-state index < -0.39 is 53.1 Å². The van der Waals surface area contributed by atoms with Crippen molar-refractivity contribution in [2.24, 2.45) is 0 Å². The van der Waals surface area contributed by atoms with Crippen LogP contribution >= 0.6 is 11.6 Å². The first kappa shape index (κ1) is 24.0. The SMILES string of the molecule is CC(C)(C)OC(=O)N1CCc2cc(C(F)(F)F)c(OCc3c(F)cc(Cl)cc3F)nc2C1. The molecule has 3 rings (SSSR count). The lowest BCUT2D eigenvalue weighted by Gasteiger charge is -2.31. The van der Waals surface area contributed by atoms with Crippen molar-refractivity contribution in [1.82, 2.24) is 9.88 Å². The molecule has 0 unspecified atom stereocenters. The molecule has 0 fully saturated rings. The highest BCUT2D eigenvalue weighted by molar-refractivity contribution is 6.30. The van der Waals surface area contributed by atoms with Gasteiger partial charge in [0.15, 0.2) is 0 Å². The molecule has 0 bridgehead atoms. The second-order valence-corrected chi connectivity index (χ2v) is 8.67. The van der Waals surface area contributed by atoms with Gasteiger partial charge in [0.1, 0.15) is 29.4 Å². The van der Waals surface area contributed by atoms with Gasteiger partial charge in [-0.15, -0.1) is 0 Å². The smallest absolute Gasteiger partial charge is 0.421 e. The zero-order chi connectivity index (χ0) is 23.8. The molecule has 2 heterocycles. The topological polar surface area (TPSA) is 51.7 Å². The van der Waals surface area contributed by atoms with Gasteiger partial charge in [0.2, 0.25) is 5.88 Å². The summed E-state index contributed by atoms with van der Waals surface area (Å²) in [7, 11) is 0. The lowest BCUT2D eigenvalue weighted by Crippen LogP contribution is -2.40. The highest BCUT2D eigenvalue weighted by atomic mass is 35.5. The first-order valence-electron chi connectivity index (χ1n) is 9.59. The normalized spacial score (nSPS) is 14.2. The van der Waals surface area contributed by atoms with Crippen LogP contribution in [0.4, 0.5) is 26.7 Å². The molecule has 0 atom stereocenters. The van der Waals surface area contributed by atoms with Gasteiger partial charge in [-0.05, 0) is 51.0 Å². The highest BCUT2D eigenvalue weighted by Gasteiger charge is 2.38. The van der Waals surface area contributed by atoms with Gasteiger partial charge in [-0.1, -0.05) is 11.6 Å². The van der Waals surface area contributed by atoms with E-state index >= 15 is 0 Å². The van der Waals surface area contributed by atoms with Crippen molar-refractivity contribution in [2.45, 2.75) is 52.1 Å². The van der Waals surface area contributed by atoms with Crippen molar-refractivity contribution in [3.05, 3.63) is 57.2 Å². The Morgan fingerprint density at radius 3 is 2.34 bits per heavy atom. The van der Waals surface area contributed by atoms with Crippen LogP contribution in [0.25, 0.3) is 0 Å². The van der Waals surface area contributed by atoms with Gasteiger partial charge in [-0.2, -0.15) is 13.2 Å². The molecule has 2 aromatic rings. The lowest BCUT2D eigenvalue weighted by atomic mass is 10.0. The third-order valence-corrected chi connectivity index (χ3v) is 4.78. The molecule has 11 heteroatoms. The number of nitrogens with zero attached hydrogens (tertiary/aromatic N) is 2. The van der Waals surface area contributed by atoms with Gasteiger partial charge in [-0.3, -0.25) is 0 Å².